The lowest BCUT2D eigenvalue weighted by Gasteiger charge is -2.33. The van der Waals surface area contributed by atoms with Gasteiger partial charge in [-0.3, -0.25) is 4.72 Å². The number of nitrogens with zero attached hydrogens (tertiary/aromatic N) is 2. The molecule has 2 atom stereocenters. The standard InChI is InChI=1S/C19H17ClF2N4O4S2/c20-12-3-1-11(2-4-12)18-15(23-5-6-29-18)9-30-16-7-14(22)17(8-13(16)21)32(27,28)26-19-24-10-25-31-19/h1-4,7-8,10,15,18,23H,5-6,9H2,(H,24,25,26)/t15-,18-/m1/s1. The highest BCUT2D eigenvalue weighted by atomic mass is 35.5. The monoisotopic (exact) mass is 502 g/mol. The van der Waals surface area contributed by atoms with Gasteiger partial charge in [-0.2, -0.15) is 4.37 Å². The zero-order valence-corrected chi connectivity index (χ0v) is 18.7. The van der Waals surface area contributed by atoms with Crippen LogP contribution in [-0.4, -0.2) is 43.6 Å². The maximum absolute atomic E-state index is 14.6. The number of anilines is 1. The smallest absolute Gasteiger partial charge is 0.266 e. The molecule has 0 spiro atoms. The van der Waals surface area contributed by atoms with Crippen LogP contribution in [0.4, 0.5) is 13.9 Å². The fourth-order valence-corrected chi connectivity index (χ4v) is 5.03. The van der Waals surface area contributed by atoms with Crippen molar-refractivity contribution in [3.8, 4) is 5.75 Å². The van der Waals surface area contributed by atoms with Gasteiger partial charge in [0.15, 0.2) is 11.6 Å². The number of ether oxygens (including phenoxy) is 2. The zero-order valence-electron chi connectivity index (χ0n) is 16.3. The lowest BCUT2D eigenvalue weighted by molar-refractivity contribution is -0.0183. The molecule has 2 aromatic carbocycles. The van der Waals surface area contributed by atoms with Crippen LogP contribution in [0.1, 0.15) is 11.7 Å². The number of halogens is 3. The molecule has 0 unspecified atom stereocenters. The lowest BCUT2D eigenvalue weighted by Crippen LogP contribution is -2.47. The summed E-state index contributed by atoms with van der Waals surface area (Å²) >= 11 is 6.70. The number of aromatic nitrogens is 2. The van der Waals surface area contributed by atoms with E-state index in [9.17, 15) is 17.2 Å². The van der Waals surface area contributed by atoms with E-state index < -0.39 is 32.3 Å². The molecule has 2 N–H and O–H groups in total. The molecular formula is C19H17ClF2N4O4S2. The number of hydrogen-bond donors (Lipinski definition) is 2. The van der Waals surface area contributed by atoms with Crippen LogP contribution in [0.15, 0.2) is 47.6 Å². The molecule has 0 amide bonds. The normalized spacial score (nSPS) is 19.0. The van der Waals surface area contributed by atoms with Crippen LogP contribution in [0, 0.1) is 11.6 Å². The van der Waals surface area contributed by atoms with Crippen LogP contribution in [-0.2, 0) is 14.8 Å². The number of rotatable bonds is 7. The summed E-state index contributed by atoms with van der Waals surface area (Å²) < 4.78 is 70.8. The van der Waals surface area contributed by atoms with E-state index in [2.05, 4.69) is 14.7 Å². The molecule has 0 aliphatic carbocycles. The van der Waals surface area contributed by atoms with Crippen molar-refractivity contribution in [3.63, 3.8) is 0 Å². The van der Waals surface area contributed by atoms with E-state index in [-0.39, 0.29) is 23.9 Å². The van der Waals surface area contributed by atoms with Crippen molar-refractivity contribution in [1.82, 2.24) is 14.7 Å². The van der Waals surface area contributed by atoms with Crippen LogP contribution in [0.3, 0.4) is 0 Å². The van der Waals surface area contributed by atoms with Gasteiger partial charge >= 0.3 is 0 Å². The second-order valence-corrected chi connectivity index (χ2v) is 9.65. The Hall–Kier alpha value is -2.38. The molecule has 1 fully saturated rings. The molecule has 8 nitrogen and oxygen atoms in total. The first kappa shape index (κ1) is 22.8. The van der Waals surface area contributed by atoms with Crippen molar-refractivity contribution in [1.29, 1.82) is 0 Å². The van der Waals surface area contributed by atoms with Gasteiger partial charge in [0, 0.05) is 35.2 Å². The molecule has 0 saturated carbocycles. The van der Waals surface area contributed by atoms with Crippen molar-refractivity contribution < 1.29 is 26.7 Å². The molecule has 1 saturated heterocycles. The molecule has 2 heterocycles. The van der Waals surface area contributed by atoms with Gasteiger partial charge in [-0.05, 0) is 17.7 Å². The summed E-state index contributed by atoms with van der Waals surface area (Å²) in [4.78, 5) is 2.80. The van der Waals surface area contributed by atoms with Gasteiger partial charge in [-0.15, -0.1) is 0 Å². The molecular weight excluding hydrogens is 486 g/mol. The van der Waals surface area contributed by atoms with Crippen LogP contribution < -0.4 is 14.8 Å². The SMILES string of the molecule is O=S(=O)(Nc1ncns1)c1cc(F)c(OC[C@H]2NCCO[C@@H]2c2ccc(Cl)cc2)cc1F. The Balaban J connectivity index is 1.49. The van der Waals surface area contributed by atoms with Gasteiger partial charge in [0.1, 0.15) is 29.8 Å². The van der Waals surface area contributed by atoms with E-state index in [0.29, 0.717) is 30.3 Å². The van der Waals surface area contributed by atoms with Gasteiger partial charge in [0.05, 0.1) is 12.6 Å². The largest absolute Gasteiger partial charge is 0.489 e. The minimum atomic E-state index is -4.39. The Bertz CT molecular complexity index is 1180. The van der Waals surface area contributed by atoms with Gasteiger partial charge in [0.2, 0.25) is 5.13 Å². The minimum Gasteiger partial charge on any atom is -0.489 e. The first-order valence-corrected chi connectivity index (χ1v) is 12.0. The van der Waals surface area contributed by atoms with Crippen molar-refractivity contribution in [3.05, 3.63) is 64.9 Å². The predicted molar refractivity (Wildman–Crippen MR) is 115 cm³/mol. The highest BCUT2D eigenvalue weighted by Gasteiger charge is 2.29. The van der Waals surface area contributed by atoms with E-state index in [0.717, 1.165) is 23.4 Å². The van der Waals surface area contributed by atoms with E-state index >= 15 is 0 Å². The first-order valence-electron chi connectivity index (χ1n) is 9.35. The van der Waals surface area contributed by atoms with Gasteiger partial charge in [-0.25, -0.2) is 22.2 Å². The zero-order chi connectivity index (χ0) is 22.7. The summed E-state index contributed by atoms with van der Waals surface area (Å²) in [5, 5.41) is 3.74. The summed E-state index contributed by atoms with van der Waals surface area (Å²) in [6.45, 7) is 0.989. The summed E-state index contributed by atoms with van der Waals surface area (Å²) in [6, 6.07) is 8.01. The quantitative estimate of drug-likeness (QED) is 0.510. The highest BCUT2D eigenvalue weighted by Crippen LogP contribution is 2.29. The van der Waals surface area contributed by atoms with Crippen molar-refractivity contribution >= 4 is 38.3 Å². The third-order valence-electron chi connectivity index (χ3n) is 4.65. The van der Waals surface area contributed by atoms with E-state index in [1.54, 1.807) is 12.1 Å². The Morgan fingerprint density at radius 2 is 2.03 bits per heavy atom. The summed E-state index contributed by atoms with van der Waals surface area (Å²) in [5.41, 5.74) is 0.853. The molecule has 1 aliphatic rings. The van der Waals surface area contributed by atoms with Gasteiger partial charge in [0.25, 0.3) is 10.0 Å². The molecule has 13 heteroatoms. The molecule has 1 aliphatic heterocycles. The molecule has 32 heavy (non-hydrogen) atoms. The topological polar surface area (TPSA) is 102 Å². The number of sulfonamides is 1. The van der Waals surface area contributed by atoms with Crippen molar-refractivity contribution in [2.45, 2.75) is 17.0 Å². The summed E-state index contributed by atoms with van der Waals surface area (Å²) in [7, 11) is -4.39. The Kier molecular flexibility index (Phi) is 6.86. The van der Waals surface area contributed by atoms with Crippen LogP contribution in [0.5, 0.6) is 5.75 Å². The molecule has 3 aromatic rings. The second kappa shape index (κ2) is 9.63. The third-order valence-corrected chi connectivity index (χ3v) is 6.96. The number of morpholine rings is 1. The summed E-state index contributed by atoms with van der Waals surface area (Å²) in [6.07, 6.45) is 0.751. The third kappa shape index (κ3) is 5.15. The van der Waals surface area contributed by atoms with Crippen LogP contribution >= 0.6 is 23.1 Å². The van der Waals surface area contributed by atoms with E-state index in [1.165, 1.54) is 0 Å². The van der Waals surface area contributed by atoms with Gasteiger partial charge in [-0.1, -0.05) is 23.7 Å². The maximum Gasteiger partial charge on any atom is 0.266 e. The average molecular weight is 503 g/mol. The van der Waals surface area contributed by atoms with E-state index in [4.69, 9.17) is 21.1 Å². The molecule has 0 bridgehead atoms. The highest BCUT2D eigenvalue weighted by molar-refractivity contribution is 7.93. The fourth-order valence-electron chi connectivity index (χ4n) is 3.18. The van der Waals surface area contributed by atoms with E-state index in [1.807, 2.05) is 16.9 Å². The lowest BCUT2D eigenvalue weighted by atomic mass is 10.0. The second-order valence-electron chi connectivity index (χ2n) is 6.78. The Morgan fingerprint density at radius 1 is 1.25 bits per heavy atom. The Labute approximate surface area is 191 Å². The summed E-state index contributed by atoms with van der Waals surface area (Å²) in [5.74, 6) is -2.61. The molecule has 0 radical (unpaired) electrons. The number of benzene rings is 2. The molecule has 4 rings (SSSR count). The molecule has 1 aromatic heterocycles. The maximum atomic E-state index is 14.6. The van der Waals surface area contributed by atoms with Crippen molar-refractivity contribution in [2.24, 2.45) is 0 Å². The van der Waals surface area contributed by atoms with Crippen LogP contribution in [0.25, 0.3) is 0 Å². The van der Waals surface area contributed by atoms with Crippen LogP contribution in [0.2, 0.25) is 5.02 Å². The van der Waals surface area contributed by atoms with Gasteiger partial charge < -0.3 is 14.8 Å². The van der Waals surface area contributed by atoms with Crippen molar-refractivity contribution in [2.75, 3.05) is 24.5 Å². The minimum absolute atomic E-state index is 0.0429. The predicted octanol–water partition coefficient (Wildman–Crippen LogP) is 3.38. The Morgan fingerprint density at radius 3 is 2.75 bits per heavy atom. The number of nitrogens with one attached hydrogen (secondary N) is 2. The fraction of sp³-hybridized carbons (Fsp3) is 0.263. The average Bonchev–Trinajstić information content (AvgIpc) is 3.27. The number of hydrogen-bond acceptors (Lipinski definition) is 8. The molecule has 170 valence electrons. The first-order chi connectivity index (χ1) is 15.3.